The Labute approximate surface area is 123 Å². The van der Waals surface area contributed by atoms with E-state index >= 15 is 0 Å². The first-order valence-corrected chi connectivity index (χ1v) is 8.11. The highest BCUT2D eigenvalue weighted by Crippen LogP contribution is 2.25. The monoisotopic (exact) mass is 291 g/mol. The summed E-state index contributed by atoms with van der Waals surface area (Å²) in [5, 5.41) is 3.03. The zero-order valence-corrected chi connectivity index (χ0v) is 12.6. The van der Waals surface area contributed by atoms with Crippen LogP contribution in [0.5, 0.6) is 0 Å². The summed E-state index contributed by atoms with van der Waals surface area (Å²) in [6.45, 7) is 5.40. The van der Waals surface area contributed by atoms with Crippen molar-refractivity contribution in [3.63, 3.8) is 0 Å². The second kappa shape index (κ2) is 6.03. The highest BCUT2D eigenvalue weighted by atomic mass is 32.1. The quantitative estimate of drug-likeness (QED) is 0.669. The van der Waals surface area contributed by atoms with Gasteiger partial charge >= 0.3 is 0 Å². The van der Waals surface area contributed by atoms with Gasteiger partial charge in [0.15, 0.2) is 5.82 Å². The van der Waals surface area contributed by atoms with E-state index in [0.29, 0.717) is 0 Å². The van der Waals surface area contributed by atoms with Gasteiger partial charge in [0, 0.05) is 6.54 Å². The van der Waals surface area contributed by atoms with Gasteiger partial charge in [0.05, 0.1) is 11.9 Å². The number of nitrogen functional groups attached to an aromatic ring is 1. The number of aromatic nitrogens is 2. The Balaban J connectivity index is 1.79. The van der Waals surface area contributed by atoms with Crippen molar-refractivity contribution in [3.8, 4) is 0 Å². The average Bonchev–Trinajstić information content (AvgIpc) is 2.95. The van der Waals surface area contributed by atoms with Crippen molar-refractivity contribution in [2.75, 3.05) is 18.5 Å². The zero-order chi connectivity index (χ0) is 13.9. The Hall–Kier alpha value is -1.24. The summed E-state index contributed by atoms with van der Waals surface area (Å²) in [5.41, 5.74) is 2.69. The number of rotatable bonds is 4. The number of fused-ring (bicyclic) bond motifs is 1. The van der Waals surface area contributed by atoms with Crippen LogP contribution in [-0.4, -0.2) is 28.0 Å². The second-order valence-electron chi connectivity index (χ2n) is 5.42. The molecule has 0 amide bonds. The normalized spacial score (nSPS) is 20.4. The van der Waals surface area contributed by atoms with E-state index in [0.717, 1.165) is 47.4 Å². The lowest BCUT2D eigenvalue weighted by molar-refractivity contribution is 0.161. The van der Waals surface area contributed by atoms with Gasteiger partial charge in [-0.25, -0.2) is 15.8 Å². The smallest absolute Gasteiger partial charge is 0.152 e. The molecular formula is C14H21N5S. The number of nitrogens with one attached hydrogen (secondary N) is 1. The maximum atomic E-state index is 5.57. The fourth-order valence-corrected chi connectivity index (χ4v) is 3.69. The number of likely N-dealkylation sites (tertiary alicyclic amines) is 1. The molecule has 1 saturated heterocycles. The maximum Gasteiger partial charge on any atom is 0.152 e. The van der Waals surface area contributed by atoms with Crippen LogP contribution >= 0.6 is 11.3 Å². The molecule has 6 heteroatoms. The van der Waals surface area contributed by atoms with Gasteiger partial charge in [-0.1, -0.05) is 13.3 Å². The van der Waals surface area contributed by atoms with Crippen molar-refractivity contribution < 1.29 is 0 Å². The molecule has 1 fully saturated rings. The van der Waals surface area contributed by atoms with E-state index in [1.807, 2.05) is 11.4 Å². The van der Waals surface area contributed by atoms with Gasteiger partial charge < -0.3 is 5.43 Å². The molecule has 1 aliphatic heterocycles. The van der Waals surface area contributed by atoms with E-state index in [-0.39, 0.29) is 0 Å². The summed E-state index contributed by atoms with van der Waals surface area (Å²) in [6.07, 6.45) is 3.89. The Morgan fingerprint density at radius 1 is 1.50 bits per heavy atom. The molecule has 1 unspecified atom stereocenters. The second-order valence-corrected chi connectivity index (χ2v) is 6.32. The minimum absolute atomic E-state index is 0.732. The zero-order valence-electron chi connectivity index (χ0n) is 11.8. The molecule has 1 aliphatic rings. The Bertz CT molecular complexity index is 582. The summed E-state index contributed by atoms with van der Waals surface area (Å²) in [6, 6.07) is 2.01. The third-order valence-electron chi connectivity index (χ3n) is 4.05. The fraction of sp³-hybridized carbons (Fsp3) is 0.571. The first-order valence-electron chi connectivity index (χ1n) is 7.23. The minimum Gasteiger partial charge on any atom is -0.308 e. The van der Waals surface area contributed by atoms with Gasteiger partial charge in [-0.3, -0.25) is 4.90 Å². The molecular weight excluding hydrogens is 270 g/mol. The standard InChI is InChI=1S/C14H21N5S/c1-2-10-4-3-6-19(8-10)9-12-16-13(18-15)11-5-7-20-14(11)17-12/h5,7,10H,2-4,6,8-9,15H2,1H3,(H,16,17,18). The molecule has 0 radical (unpaired) electrons. The highest BCUT2D eigenvalue weighted by Gasteiger charge is 2.20. The third-order valence-corrected chi connectivity index (χ3v) is 4.86. The van der Waals surface area contributed by atoms with Crippen molar-refractivity contribution in [2.24, 2.45) is 11.8 Å². The van der Waals surface area contributed by atoms with Gasteiger partial charge in [-0.2, -0.15) is 0 Å². The lowest BCUT2D eigenvalue weighted by atomic mass is 9.96. The Morgan fingerprint density at radius 3 is 3.20 bits per heavy atom. The molecule has 108 valence electrons. The van der Waals surface area contributed by atoms with Gasteiger partial charge in [0.1, 0.15) is 10.7 Å². The topological polar surface area (TPSA) is 67.1 Å². The molecule has 20 heavy (non-hydrogen) atoms. The van der Waals surface area contributed by atoms with E-state index in [1.54, 1.807) is 11.3 Å². The van der Waals surface area contributed by atoms with E-state index in [1.165, 1.54) is 19.3 Å². The first-order chi connectivity index (χ1) is 9.80. The number of thiophene rings is 1. The minimum atomic E-state index is 0.732. The number of anilines is 1. The Morgan fingerprint density at radius 2 is 2.40 bits per heavy atom. The van der Waals surface area contributed by atoms with Crippen LogP contribution in [0.15, 0.2) is 11.4 Å². The molecule has 0 bridgehead atoms. The van der Waals surface area contributed by atoms with Crippen LogP contribution in [0.4, 0.5) is 5.82 Å². The lowest BCUT2D eigenvalue weighted by Gasteiger charge is -2.31. The van der Waals surface area contributed by atoms with E-state index in [9.17, 15) is 0 Å². The van der Waals surface area contributed by atoms with Gasteiger partial charge in [0.25, 0.3) is 0 Å². The van der Waals surface area contributed by atoms with Crippen LogP contribution in [0.1, 0.15) is 32.0 Å². The molecule has 1 atom stereocenters. The fourth-order valence-electron chi connectivity index (χ4n) is 2.91. The molecule has 5 nitrogen and oxygen atoms in total. The number of hydrogen-bond acceptors (Lipinski definition) is 6. The van der Waals surface area contributed by atoms with Crippen LogP contribution in [-0.2, 0) is 6.54 Å². The number of nitrogens with zero attached hydrogens (tertiary/aromatic N) is 3. The molecule has 0 spiro atoms. The van der Waals surface area contributed by atoms with Gasteiger partial charge in [-0.15, -0.1) is 11.3 Å². The predicted molar refractivity (Wildman–Crippen MR) is 83.5 cm³/mol. The molecule has 2 aromatic rings. The van der Waals surface area contributed by atoms with Crippen LogP contribution in [0, 0.1) is 5.92 Å². The molecule has 3 N–H and O–H groups in total. The molecule has 0 aliphatic carbocycles. The van der Waals surface area contributed by atoms with Crippen molar-refractivity contribution in [2.45, 2.75) is 32.7 Å². The van der Waals surface area contributed by atoms with Gasteiger partial charge in [0.2, 0.25) is 0 Å². The molecule has 2 aromatic heterocycles. The van der Waals surface area contributed by atoms with E-state index in [2.05, 4.69) is 27.2 Å². The van der Waals surface area contributed by atoms with Crippen LogP contribution in [0.2, 0.25) is 0 Å². The van der Waals surface area contributed by atoms with Crippen molar-refractivity contribution in [1.29, 1.82) is 0 Å². The Kier molecular flexibility index (Phi) is 4.14. The maximum absolute atomic E-state index is 5.57. The van der Waals surface area contributed by atoms with Crippen molar-refractivity contribution in [1.82, 2.24) is 14.9 Å². The molecule has 3 heterocycles. The van der Waals surface area contributed by atoms with Crippen LogP contribution in [0.3, 0.4) is 0 Å². The molecule has 0 saturated carbocycles. The molecule has 0 aromatic carbocycles. The van der Waals surface area contributed by atoms with Crippen molar-refractivity contribution >= 4 is 27.4 Å². The summed E-state index contributed by atoms with van der Waals surface area (Å²) in [7, 11) is 0. The van der Waals surface area contributed by atoms with E-state index < -0.39 is 0 Å². The van der Waals surface area contributed by atoms with Crippen LogP contribution < -0.4 is 11.3 Å². The van der Waals surface area contributed by atoms with Crippen LogP contribution in [0.25, 0.3) is 10.2 Å². The van der Waals surface area contributed by atoms with Crippen molar-refractivity contribution in [3.05, 3.63) is 17.3 Å². The average molecular weight is 291 g/mol. The summed E-state index contributed by atoms with van der Waals surface area (Å²) in [5.74, 6) is 7.99. The number of hydrogen-bond donors (Lipinski definition) is 2. The van der Waals surface area contributed by atoms with Gasteiger partial charge in [-0.05, 0) is 36.8 Å². The summed E-state index contributed by atoms with van der Waals surface area (Å²) in [4.78, 5) is 12.7. The summed E-state index contributed by atoms with van der Waals surface area (Å²) < 4.78 is 0. The highest BCUT2D eigenvalue weighted by molar-refractivity contribution is 7.16. The number of hydrazine groups is 1. The first kappa shape index (κ1) is 13.7. The molecule has 3 rings (SSSR count). The number of piperidine rings is 1. The van der Waals surface area contributed by atoms with E-state index in [4.69, 9.17) is 5.84 Å². The number of nitrogens with two attached hydrogens (primary N) is 1. The predicted octanol–water partition coefficient (Wildman–Crippen LogP) is 2.60. The SMILES string of the molecule is CCC1CCCN(Cc2nc(NN)c3ccsc3n2)C1. The third kappa shape index (κ3) is 2.77. The summed E-state index contributed by atoms with van der Waals surface area (Å²) >= 11 is 1.63. The largest absolute Gasteiger partial charge is 0.308 e. The lowest BCUT2D eigenvalue weighted by Crippen LogP contribution is -2.35.